The van der Waals surface area contributed by atoms with Gasteiger partial charge in [0.1, 0.15) is 0 Å². The van der Waals surface area contributed by atoms with Gasteiger partial charge in [-0.2, -0.15) is 0 Å². The van der Waals surface area contributed by atoms with Crippen LogP contribution in [-0.4, -0.2) is 40.1 Å². The molecule has 0 spiro atoms. The van der Waals surface area contributed by atoms with Crippen molar-refractivity contribution in [1.82, 2.24) is 8.01 Å². The number of carbonyl (C=O) groups is 4. The maximum atomic E-state index is 11.4. The summed E-state index contributed by atoms with van der Waals surface area (Å²) in [6.07, 6.45) is 4.92. The number of hydrogen-bond donors (Lipinski definition) is 0. The van der Waals surface area contributed by atoms with Gasteiger partial charge in [-0.1, -0.05) is 0 Å². The standard InChI is InChI=1S/C10H7IN2O4/c14-7-1-2-8(15)12(7)6-5-11(6)13-9(16)3-4-10(13)17/h1-4,6H,5H2. The average molecular weight is 346 g/mol. The Kier molecular flexibility index (Phi) is 2.18. The molecule has 88 valence electrons. The molecule has 3 heterocycles. The minimum absolute atomic E-state index is 0.206. The first-order valence-electron chi connectivity index (χ1n) is 4.85. The first-order valence-corrected chi connectivity index (χ1v) is 8.59. The number of rotatable bonds is 2. The van der Waals surface area contributed by atoms with Crippen LogP contribution in [0.15, 0.2) is 24.3 Å². The molecule has 1 fully saturated rings. The molecule has 1 unspecified atom stereocenters. The molecule has 3 aliphatic heterocycles. The van der Waals surface area contributed by atoms with Gasteiger partial charge in [0.2, 0.25) is 0 Å². The summed E-state index contributed by atoms with van der Waals surface area (Å²) >= 11 is -2.00. The molecule has 6 nitrogen and oxygen atoms in total. The van der Waals surface area contributed by atoms with Crippen LogP contribution in [0, 0.1) is 0 Å². The van der Waals surface area contributed by atoms with E-state index < -0.39 is 20.1 Å². The number of halogens is 1. The molecule has 0 aliphatic carbocycles. The Morgan fingerprint density at radius 3 is 1.88 bits per heavy atom. The summed E-state index contributed by atoms with van der Waals surface area (Å²) in [5.74, 6) is -1.30. The van der Waals surface area contributed by atoms with Gasteiger partial charge in [0.25, 0.3) is 0 Å². The third-order valence-electron chi connectivity index (χ3n) is 2.57. The predicted octanol–water partition coefficient (Wildman–Crippen LogP) is -0.403. The zero-order valence-corrected chi connectivity index (χ0v) is 10.7. The third-order valence-corrected chi connectivity index (χ3v) is 8.02. The van der Waals surface area contributed by atoms with Gasteiger partial charge in [-0.3, -0.25) is 0 Å². The monoisotopic (exact) mass is 346 g/mol. The van der Waals surface area contributed by atoms with Crippen molar-refractivity contribution in [2.45, 2.75) is 4.05 Å². The van der Waals surface area contributed by atoms with Gasteiger partial charge >= 0.3 is 104 Å². The summed E-state index contributed by atoms with van der Waals surface area (Å²) in [5.41, 5.74) is 0. The first kappa shape index (κ1) is 10.6. The summed E-state index contributed by atoms with van der Waals surface area (Å²) in [4.78, 5) is 46.9. The van der Waals surface area contributed by atoms with Crippen molar-refractivity contribution in [3.63, 3.8) is 0 Å². The summed E-state index contributed by atoms with van der Waals surface area (Å²) < 4.78 is 1.68. The molecule has 4 amide bonds. The molecule has 0 aromatic carbocycles. The van der Waals surface area contributed by atoms with Crippen molar-refractivity contribution < 1.29 is 19.2 Å². The van der Waals surface area contributed by atoms with E-state index in [0.29, 0.717) is 4.43 Å². The SMILES string of the molecule is O=C1C=CC(=O)N1C1CI1N1C(=O)C=CC1=O. The van der Waals surface area contributed by atoms with Gasteiger partial charge in [0.05, 0.1) is 0 Å². The minimum atomic E-state index is -2.00. The molecule has 1 saturated heterocycles. The number of alkyl halides is 2. The molecule has 0 aromatic heterocycles. The third kappa shape index (κ3) is 1.53. The molecule has 1 atom stereocenters. The van der Waals surface area contributed by atoms with Crippen molar-refractivity contribution >= 4 is 43.7 Å². The Hall–Kier alpha value is -1.51. The second-order valence-corrected chi connectivity index (χ2v) is 9.03. The first-order chi connectivity index (χ1) is 8.09. The van der Waals surface area contributed by atoms with Crippen LogP contribution in [0.5, 0.6) is 0 Å². The van der Waals surface area contributed by atoms with E-state index in [0.717, 1.165) is 0 Å². The van der Waals surface area contributed by atoms with Crippen molar-refractivity contribution in [2.24, 2.45) is 0 Å². The van der Waals surface area contributed by atoms with E-state index >= 15 is 0 Å². The second-order valence-electron chi connectivity index (χ2n) is 3.63. The van der Waals surface area contributed by atoms with Crippen LogP contribution in [-0.2, 0) is 19.2 Å². The van der Waals surface area contributed by atoms with Crippen LogP contribution in [0.2, 0.25) is 0 Å². The van der Waals surface area contributed by atoms with E-state index in [1.165, 1.54) is 32.3 Å². The molecule has 0 bridgehead atoms. The Labute approximate surface area is 104 Å². The van der Waals surface area contributed by atoms with Crippen LogP contribution < -0.4 is 0 Å². The molecule has 0 N–H and O–H groups in total. The van der Waals surface area contributed by atoms with Gasteiger partial charge in [-0.25, -0.2) is 0 Å². The topological polar surface area (TPSA) is 74.8 Å². The Bertz CT molecular complexity index is 442. The summed E-state index contributed by atoms with van der Waals surface area (Å²) in [5, 5.41) is 0. The van der Waals surface area contributed by atoms with E-state index in [1.54, 1.807) is 0 Å². The summed E-state index contributed by atoms with van der Waals surface area (Å²) in [6, 6.07) is 0. The Balaban J connectivity index is 1.75. The molecular weight excluding hydrogens is 339 g/mol. The van der Waals surface area contributed by atoms with Gasteiger partial charge in [0, 0.05) is 0 Å². The quantitative estimate of drug-likeness (QED) is 0.224. The number of amides is 4. The van der Waals surface area contributed by atoms with Crippen LogP contribution in [0.4, 0.5) is 0 Å². The fourth-order valence-corrected chi connectivity index (χ4v) is 7.46. The van der Waals surface area contributed by atoms with Gasteiger partial charge in [-0.05, 0) is 0 Å². The fourth-order valence-electron chi connectivity index (χ4n) is 1.74. The Morgan fingerprint density at radius 2 is 1.35 bits per heavy atom. The van der Waals surface area contributed by atoms with Crippen molar-refractivity contribution in [3.8, 4) is 0 Å². The number of nitrogens with zero attached hydrogens (tertiary/aromatic N) is 2. The number of carbonyl (C=O) groups excluding carboxylic acids is 4. The maximum absolute atomic E-state index is 11.4. The summed E-state index contributed by atoms with van der Waals surface area (Å²) in [7, 11) is 0. The number of imide groups is 2. The zero-order chi connectivity index (χ0) is 12.2. The van der Waals surface area contributed by atoms with E-state index in [4.69, 9.17) is 0 Å². The molecule has 7 heteroatoms. The van der Waals surface area contributed by atoms with Crippen LogP contribution in [0.3, 0.4) is 0 Å². The van der Waals surface area contributed by atoms with Gasteiger partial charge in [0.15, 0.2) is 0 Å². The summed E-state index contributed by atoms with van der Waals surface area (Å²) in [6.45, 7) is 0. The van der Waals surface area contributed by atoms with Crippen LogP contribution >= 0.6 is 20.1 Å². The van der Waals surface area contributed by atoms with E-state index in [-0.39, 0.29) is 27.7 Å². The Morgan fingerprint density at radius 1 is 0.882 bits per heavy atom. The average Bonchev–Trinajstić information content (AvgIpc) is 2.86. The number of hydrogen-bond acceptors (Lipinski definition) is 4. The molecule has 0 saturated carbocycles. The van der Waals surface area contributed by atoms with Crippen molar-refractivity contribution in [1.29, 1.82) is 0 Å². The van der Waals surface area contributed by atoms with Crippen molar-refractivity contribution in [2.75, 3.05) is 4.43 Å². The predicted molar refractivity (Wildman–Crippen MR) is 64.7 cm³/mol. The molecule has 17 heavy (non-hydrogen) atoms. The second kappa shape index (κ2) is 3.49. The normalized spacial score (nSPS) is 28.9. The van der Waals surface area contributed by atoms with Gasteiger partial charge in [-0.15, -0.1) is 0 Å². The zero-order valence-electron chi connectivity index (χ0n) is 8.50. The fraction of sp³-hybridized carbons (Fsp3) is 0.200. The van der Waals surface area contributed by atoms with E-state index in [9.17, 15) is 19.2 Å². The molecule has 3 rings (SSSR count). The van der Waals surface area contributed by atoms with Gasteiger partial charge < -0.3 is 0 Å². The molecular formula is C10H7IN2O4. The van der Waals surface area contributed by atoms with Crippen LogP contribution in [0.25, 0.3) is 0 Å². The van der Waals surface area contributed by atoms with Crippen molar-refractivity contribution in [3.05, 3.63) is 24.3 Å². The molecule has 0 aromatic rings. The molecule has 3 aliphatic rings. The van der Waals surface area contributed by atoms with E-state index in [2.05, 4.69) is 0 Å². The van der Waals surface area contributed by atoms with E-state index in [1.807, 2.05) is 0 Å². The van der Waals surface area contributed by atoms with Crippen LogP contribution in [0.1, 0.15) is 0 Å². The molecule has 0 radical (unpaired) electrons.